The summed E-state index contributed by atoms with van der Waals surface area (Å²) in [6, 6.07) is 6.06. The molecular formula is C17H24N2O3. The lowest BCUT2D eigenvalue weighted by atomic mass is 10.00. The first-order valence-corrected chi connectivity index (χ1v) is 8.03. The van der Waals surface area contributed by atoms with Crippen LogP contribution in [-0.2, 0) is 4.79 Å². The molecule has 5 nitrogen and oxygen atoms in total. The molecule has 1 aliphatic carbocycles. The van der Waals surface area contributed by atoms with E-state index in [2.05, 4.69) is 6.92 Å². The summed E-state index contributed by atoms with van der Waals surface area (Å²) in [5.74, 6) is 1.61. The van der Waals surface area contributed by atoms with E-state index in [-0.39, 0.29) is 18.0 Å². The number of amides is 1. The molecule has 1 amide bonds. The van der Waals surface area contributed by atoms with Crippen molar-refractivity contribution in [1.29, 1.82) is 0 Å². The molecule has 1 aromatic rings. The van der Waals surface area contributed by atoms with Gasteiger partial charge in [0.2, 0.25) is 5.91 Å². The Morgan fingerprint density at radius 3 is 2.73 bits per heavy atom. The number of hydrogen-bond donors (Lipinski definition) is 1. The second kappa shape index (κ2) is 6.16. The fourth-order valence-electron chi connectivity index (χ4n) is 3.17. The number of rotatable bonds is 6. The summed E-state index contributed by atoms with van der Waals surface area (Å²) in [6.45, 7) is 2.73. The summed E-state index contributed by atoms with van der Waals surface area (Å²) in [7, 11) is 1.64. The van der Waals surface area contributed by atoms with Crippen LogP contribution in [0, 0.1) is 0 Å². The second-order valence-electron chi connectivity index (χ2n) is 6.10. The minimum Gasteiger partial charge on any atom is -0.493 e. The first-order chi connectivity index (χ1) is 10.7. The van der Waals surface area contributed by atoms with Crippen molar-refractivity contribution in [2.24, 2.45) is 5.73 Å². The van der Waals surface area contributed by atoms with Gasteiger partial charge in [-0.3, -0.25) is 4.79 Å². The highest BCUT2D eigenvalue weighted by atomic mass is 16.5. The minimum absolute atomic E-state index is 0.0471. The van der Waals surface area contributed by atoms with Gasteiger partial charge in [-0.25, -0.2) is 0 Å². The number of carbonyl (C=O) groups is 1. The molecule has 5 heteroatoms. The van der Waals surface area contributed by atoms with Gasteiger partial charge in [-0.05, 0) is 37.0 Å². The Kier molecular flexibility index (Phi) is 4.25. The predicted molar refractivity (Wildman–Crippen MR) is 84.0 cm³/mol. The smallest absolute Gasteiger partial charge is 0.225 e. The Labute approximate surface area is 131 Å². The van der Waals surface area contributed by atoms with Crippen molar-refractivity contribution in [2.75, 3.05) is 13.7 Å². The average molecular weight is 304 g/mol. The molecule has 2 unspecified atom stereocenters. The summed E-state index contributed by atoms with van der Waals surface area (Å²) < 4.78 is 11.1. The summed E-state index contributed by atoms with van der Waals surface area (Å²) in [5, 5.41) is 0. The molecule has 0 aromatic heterocycles. The molecule has 1 heterocycles. The zero-order chi connectivity index (χ0) is 15.7. The van der Waals surface area contributed by atoms with Gasteiger partial charge in [0.05, 0.1) is 19.8 Å². The van der Waals surface area contributed by atoms with E-state index >= 15 is 0 Å². The first kappa shape index (κ1) is 15.2. The first-order valence-electron chi connectivity index (χ1n) is 8.03. The van der Waals surface area contributed by atoms with E-state index in [9.17, 15) is 4.79 Å². The monoisotopic (exact) mass is 304 g/mol. The maximum absolute atomic E-state index is 12.2. The lowest BCUT2D eigenvalue weighted by Crippen LogP contribution is -2.34. The van der Waals surface area contributed by atoms with E-state index in [1.165, 1.54) is 0 Å². The van der Waals surface area contributed by atoms with Crippen LogP contribution in [0.1, 0.15) is 44.2 Å². The van der Waals surface area contributed by atoms with Crippen LogP contribution in [0.5, 0.6) is 11.5 Å². The van der Waals surface area contributed by atoms with Crippen molar-refractivity contribution in [3.63, 3.8) is 0 Å². The number of ether oxygens (including phenoxy) is 2. The van der Waals surface area contributed by atoms with Crippen LogP contribution in [0.4, 0.5) is 0 Å². The molecule has 3 rings (SSSR count). The largest absolute Gasteiger partial charge is 0.493 e. The molecule has 1 aromatic carbocycles. The molecule has 0 spiro atoms. The number of hydrogen-bond acceptors (Lipinski definition) is 4. The lowest BCUT2D eigenvalue weighted by molar-refractivity contribution is -0.129. The molecular weight excluding hydrogens is 280 g/mol. The van der Waals surface area contributed by atoms with Crippen molar-refractivity contribution in [3.8, 4) is 11.5 Å². The fourth-order valence-corrected chi connectivity index (χ4v) is 3.17. The van der Waals surface area contributed by atoms with E-state index in [0.717, 1.165) is 30.6 Å². The van der Waals surface area contributed by atoms with Crippen molar-refractivity contribution < 1.29 is 14.3 Å². The Hall–Kier alpha value is -1.75. The van der Waals surface area contributed by atoms with Crippen molar-refractivity contribution in [2.45, 2.75) is 50.7 Å². The van der Waals surface area contributed by atoms with Gasteiger partial charge in [0.25, 0.3) is 0 Å². The highest BCUT2D eigenvalue weighted by Crippen LogP contribution is 2.42. The summed E-state index contributed by atoms with van der Waals surface area (Å²) in [6.07, 6.45) is 3.55. The Morgan fingerprint density at radius 1 is 1.32 bits per heavy atom. The van der Waals surface area contributed by atoms with Crippen LogP contribution < -0.4 is 15.2 Å². The molecule has 0 radical (unpaired) electrons. The van der Waals surface area contributed by atoms with Crippen LogP contribution in [0.15, 0.2) is 18.2 Å². The van der Waals surface area contributed by atoms with Gasteiger partial charge in [0.15, 0.2) is 11.5 Å². The molecule has 2 aliphatic rings. The van der Waals surface area contributed by atoms with E-state index in [0.29, 0.717) is 24.8 Å². The van der Waals surface area contributed by atoms with Gasteiger partial charge in [-0.15, -0.1) is 0 Å². The summed E-state index contributed by atoms with van der Waals surface area (Å²) >= 11 is 0. The Balaban J connectivity index is 1.88. The number of carbonyl (C=O) groups excluding carboxylic acids is 1. The SMILES string of the molecule is CCCOc1ccc(C2C(N)CC(=O)N2C2CC2)cc1OC. The molecule has 0 bridgehead atoms. The Bertz CT molecular complexity index is 557. The number of benzene rings is 1. The topological polar surface area (TPSA) is 64.8 Å². The summed E-state index contributed by atoms with van der Waals surface area (Å²) in [4.78, 5) is 14.2. The molecule has 22 heavy (non-hydrogen) atoms. The van der Waals surface area contributed by atoms with Gasteiger partial charge >= 0.3 is 0 Å². The highest BCUT2D eigenvalue weighted by Gasteiger charge is 2.46. The molecule has 1 saturated carbocycles. The molecule has 120 valence electrons. The zero-order valence-electron chi connectivity index (χ0n) is 13.2. The normalized spacial score (nSPS) is 24.7. The van der Waals surface area contributed by atoms with Gasteiger partial charge in [-0.1, -0.05) is 13.0 Å². The van der Waals surface area contributed by atoms with Crippen LogP contribution >= 0.6 is 0 Å². The lowest BCUT2D eigenvalue weighted by Gasteiger charge is -2.27. The number of nitrogens with zero attached hydrogens (tertiary/aromatic N) is 1. The molecule has 2 N–H and O–H groups in total. The maximum atomic E-state index is 12.2. The maximum Gasteiger partial charge on any atom is 0.225 e. The van der Waals surface area contributed by atoms with E-state index in [4.69, 9.17) is 15.2 Å². The third-order valence-electron chi connectivity index (χ3n) is 4.33. The fraction of sp³-hybridized carbons (Fsp3) is 0.588. The molecule has 2 atom stereocenters. The quantitative estimate of drug-likeness (QED) is 0.875. The van der Waals surface area contributed by atoms with E-state index < -0.39 is 0 Å². The van der Waals surface area contributed by atoms with Crippen LogP contribution in [0.3, 0.4) is 0 Å². The minimum atomic E-state index is -0.153. The number of methoxy groups -OCH3 is 1. The third-order valence-corrected chi connectivity index (χ3v) is 4.33. The standard InChI is InChI=1S/C17H24N2O3/c1-3-8-22-14-7-4-11(9-15(14)21-2)17-13(18)10-16(20)19(17)12-5-6-12/h4,7,9,12-13,17H,3,5-6,8,10,18H2,1-2H3. The van der Waals surface area contributed by atoms with Crippen molar-refractivity contribution >= 4 is 5.91 Å². The zero-order valence-corrected chi connectivity index (χ0v) is 13.2. The number of likely N-dealkylation sites (tertiary alicyclic amines) is 1. The predicted octanol–water partition coefficient (Wildman–Crippen LogP) is 2.25. The van der Waals surface area contributed by atoms with Crippen LogP contribution in [-0.4, -0.2) is 36.6 Å². The van der Waals surface area contributed by atoms with Crippen LogP contribution in [0.25, 0.3) is 0 Å². The van der Waals surface area contributed by atoms with Crippen molar-refractivity contribution in [1.82, 2.24) is 4.90 Å². The number of nitrogens with two attached hydrogens (primary N) is 1. The molecule has 1 aliphatic heterocycles. The third kappa shape index (κ3) is 2.77. The molecule has 1 saturated heterocycles. The van der Waals surface area contributed by atoms with E-state index in [1.54, 1.807) is 7.11 Å². The van der Waals surface area contributed by atoms with Crippen LogP contribution in [0.2, 0.25) is 0 Å². The van der Waals surface area contributed by atoms with Gasteiger partial charge in [0, 0.05) is 18.5 Å². The Morgan fingerprint density at radius 2 is 2.09 bits per heavy atom. The highest BCUT2D eigenvalue weighted by molar-refractivity contribution is 5.81. The molecule has 2 fully saturated rings. The van der Waals surface area contributed by atoms with E-state index in [1.807, 2.05) is 23.1 Å². The van der Waals surface area contributed by atoms with Gasteiger partial charge in [0.1, 0.15) is 0 Å². The summed E-state index contributed by atoms with van der Waals surface area (Å²) in [5.41, 5.74) is 7.27. The van der Waals surface area contributed by atoms with Gasteiger partial charge < -0.3 is 20.1 Å². The average Bonchev–Trinajstić information content (AvgIpc) is 3.30. The van der Waals surface area contributed by atoms with Gasteiger partial charge in [-0.2, -0.15) is 0 Å². The second-order valence-corrected chi connectivity index (χ2v) is 6.10. The van der Waals surface area contributed by atoms with Crippen molar-refractivity contribution in [3.05, 3.63) is 23.8 Å².